The highest BCUT2D eigenvalue weighted by Crippen LogP contribution is 2.29. The van der Waals surface area contributed by atoms with E-state index in [0.29, 0.717) is 75.9 Å². The largest absolute Gasteiger partial charge is 0.378 e. The normalized spacial score (nSPS) is 14.7. The van der Waals surface area contributed by atoms with E-state index >= 15 is 0 Å². The van der Waals surface area contributed by atoms with Crippen molar-refractivity contribution in [1.82, 2.24) is 39.3 Å². The number of hydrogen-bond donors (Lipinski definition) is 6. The predicted molar refractivity (Wildman–Crippen MR) is 246 cm³/mol. The Bertz CT molecular complexity index is 2640. The zero-order valence-electron chi connectivity index (χ0n) is 34.9. The minimum absolute atomic E-state index is 0.0801. The fourth-order valence-corrected chi connectivity index (χ4v) is 8.58. The number of rotatable bonds is 16. The average Bonchev–Trinajstić information content (AvgIpc) is 3.32. The van der Waals surface area contributed by atoms with Crippen LogP contribution in [0.5, 0.6) is 0 Å². The van der Waals surface area contributed by atoms with Crippen molar-refractivity contribution in [3.8, 4) is 0 Å². The summed E-state index contributed by atoms with van der Waals surface area (Å²) in [7, 11) is -5.47. The first kappa shape index (κ1) is 43.8. The van der Waals surface area contributed by atoms with E-state index in [2.05, 4.69) is 60.6 Å². The van der Waals surface area contributed by atoms with Crippen molar-refractivity contribution in [2.75, 3.05) is 97.8 Å². The second kappa shape index (κ2) is 19.7. The third-order valence-corrected chi connectivity index (χ3v) is 12.9. The van der Waals surface area contributed by atoms with Crippen molar-refractivity contribution in [1.29, 1.82) is 0 Å². The van der Waals surface area contributed by atoms with Crippen LogP contribution in [-0.2, 0) is 29.5 Å². The lowest BCUT2D eigenvalue weighted by Crippen LogP contribution is -2.37. The Morgan fingerprint density at radius 2 is 0.812 bits per heavy atom. The molecule has 2 saturated heterocycles. The van der Waals surface area contributed by atoms with E-state index in [1.807, 2.05) is 70.5 Å². The Hall–Kier alpha value is -6.82. The van der Waals surface area contributed by atoms with E-state index in [1.165, 1.54) is 38.4 Å². The van der Waals surface area contributed by atoms with Crippen LogP contribution in [0.25, 0.3) is 12.2 Å². The van der Waals surface area contributed by atoms with Gasteiger partial charge in [-0.2, -0.15) is 29.9 Å². The molecule has 0 bridgehead atoms. The molecule has 8 rings (SSSR count). The molecule has 2 aliphatic heterocycles. The van der Waals surface area contributed by atoms with Crippen LogP contribution in [0.1, 0.15) is 11.1 Å². The maximum absolute atomic E-state index is 13.5. The quantitative estimate of drug-likeness (QED) is 0.0722. The first-order chi connectivity index (χ1) is 31.0. The van der Waals surface area contributed by atoms with Crippen molar-refractivity contribution in [2.24, 2.45) is 0 Å². The molecule has 2 aliphatic rings. The van der Waals surface area contributed by atoms with Gasteiger partial charge in [-0.05, 0) is 73.8 Å². The molecule has 20 nitrogen and oxygen atoms in total. The van der Waals surface area contributed by atoms with E-state index in [1.54, 1.807) is 24.3 Å². The molecular formula is C42H46N14O6S2. The molecular weight excluding hydrogens is 861 g/mol. The topological polar surface area (TPSA) is 243 Å². The van der Waals surface area contributed by atoms with Gasteiger partial charge in [0.15, 0.2) is 0 Å². The number of nitrogens with one attached hydrogen (secondary N) is 6. The van der Waals surface area contributed by atoms with Gasteiger partial charge in [-0.25, -0.2) is 26.3 Å². The van der Waals surface area contributed by atoms with Crippen molar-refractivity contribution < 1.29 is 26.3 Å². The molecule has 0 radical (unpaired) electrons. The number of ether oxygens (including phenoxy) is 2. The number of nitrogens with zero attached hydrogens (tertiary/aromatic N) is 8. The van der Waals surface area contributed by atoms with Gasteiger partial charge in [0.1, 0.15) is 0 Å². The summed E-state index contributed by atoms with van der Waals surface area (Å²) >= 11 is 0. The van der Waals surface area contributed by atoms with Crippen LogP contribution in [0.2, 0.25) is 0 Å². The Balaban J connectivity index is 1.09. The predicted octanol–water partition coefficient (Wildman–Crippen LogP) is 4.69. The third-order valence-electron chi connectivity index (χ3n) is 9.99. The highest BCUT2D eigenvalue weighted by atomic mass is 32.2. The van der Waals surface area contributed by atoms with Crippen LogP contribution < -0.4 is 40.5 Å². The monoisotopic (exact) mass is 906 g/mol. The molecule has 2 aromatic heterocycles. The molecule has 22 heteroatoms. The number of anilines is 10. The lowest BCUT2D eigenvalue weighted by atomic mass is 10.1. The molecule has 0 atom stereocenters. The smallest absolute Gasteiger partial charge is 0.240 e. The lowest BCUT2D eigenvalue weighted by molar-refractivity contribution is 0.122. The Morgan fingerprint density at radius 1 is 0.469 bits per heavy atom. The molecule has 4 heterocycles. The van der Waals surface area contributed by atoms with Crippen molar-refractivity contribution in [3.63, 3.8) is 0 Å². The Morgan fingerprint density at radius 3 is 1.16 bits per heavy atom. The van der Waals surface area contributed by atoms with Crippen LogP contribution in [0.15, 0.2) is 107 Å². The molecule has 4 aromatic carbocycles. The average molecular weight is 907 g/mol. The van der Waals surface area contributed by atoms with E-state index in [-0.39, 0.29) is 44.7 Å². The van der Waals surface area contributed by atoms with Gasteiger partial charge in [-0.1, -0.05) is 60.7 Å². The Labute approximate surface area is 370 Å². The summed E-state index contributed by atoms with van der Waals surface area (Å²) < 4.78 is 69.9. The molecule has 2 fully saturated rings. The summed E-state index contributed by atoms with van der Waals surface area (Å²) in [6.07, 6.45) is 3.07. The van der Waals surface area contributed by atoms with Gasteiger partial charge < -0.3 is 40.5 Å². The van der Waals surface area contributed by atoms with E-state index in [4.69, 9.17) is 9.47 Å². The van der Waals surface area contributed by atoms with Crippen molar-refractivity contribution >= 4 is 90.6 Å². The number of benzene rings is 4. The van der Waals surface area contributed by atoms with E-state index in [0.717, 1.165) is 11.4 Å². The fourth-order valence-electron chi connectivity index (χ4n) is 6.69. The van der Waals surface area contributed by atoms with Gasteiger partial charge in [0.25, 0.3) is 0 Å². The number of hydrogen-bond acceptors (Lipinski definition) is 18. The molecule has 0 unspecified atom stereocenters. The van der Waals surface area contributed by atoms with Crippen LogP contribution in [0.3, 0.4) is 0 Å². The molecule has 0 spiro atoms. The second-order valence-electron chi connectivity index (χ2n) is 14.2. The molecule has 0 saturated carbocycles. The van der Waals surface area contributed by atoms with Crippen LogP contribution in [-0.4, -0.2) is 113 Å². The lowest BCUT2D eigenvalue weighted by Gasteiger charge is -2.27. The van der Waals surface area contributed by atoms with Gasteiger partial charge in [-0.3, -0.25) is 0 Å². The van der Waals surface area contributed by atoms with Crippen LogP contribution in [0.4, 0.5) is 58.4 Å². The number of aromatic nitrogens is 6. The third kappa shape index (κ3) is 10.9. The second-order valence-corrected chi connectivity index (χ2v) is 18.0. The molecule has 64 heavy (non-hydrogen) atoms. The maximum atomic E-state index is 13.5. The zero-order chi connectivity index (χ0) is 44.5. The SMILES string of the molecule is CNS(=O)(=O)c1cc(Nc2nc(Nc3ccccc3)nc(N3CCOCC3)n2)ccc1/C=C/c1ccc(Nc2nc(Nc3ccccc3)nc(N3CCOCC3)n2)cc1S(=O)(=O)NC. The van der Waals surface area contributed by atoms with Gasteiger partial charge in [-0.15, -0.1) is 0 Å². The summed E-state index contributed by atoms with van der Waals surface area (Å²) in [4.78, 5) is 31.6. The number of para-hydroxylation sites is 2. The van der Waals surface area contributed by atoms with Crippen LogP contribution >= 0.6 is 0 Å². The first-order valence-corrected chi connectivity index (χ1v) is 23.2. The van der Waals surface area contributed by atoms with Crippen molar-refractivity contribution in [2.45, 2.75) is 9.79 Å². The zero-order valence-corrected chi connectivity index (χ0v) is 36.5. The van der Waals surface area contributed by atoms with Gasteiger partial charge >= 0.3 is 0 Å². The minimum Gasteiger partial charge on any atom is -0.378 e. The van der Waals surface area contributed by atoms with Gasteiger partial charge in [0.05, 0.1) is 36.2 Å². The van der Waals surface area contributed by atoms with Gasteiger partial charge in [0, 0.05) is 48.9 Å². The van der Waals surface area contributed by atoms with Gasteiger partial charge in [0.2, 0.25) is 55.7 Å². The molecule has 332 valence electrons. The molecule has 0 amide bonds. The summed E-state index contributed by atoms with van der Waals surface area (Å²) in [5, 5.41) is 12.7. The number of morpholine rings is 2. The van der Waals surface area contributed by atoms with Crippen molar-refractivity contribution in [3.05, 3.63) is 108 Å². The highest BCUT2D eigenvalue weighted by Gasteiger charge is 2.22. The molecule has 0 aliphatic carbocycles. The fraction of sp³-hybridized carbons (Fsp3) is 0.238. The summed E-state index contributed by atoms with van der Waals surface area (Å²) in [6.45, 7) is 4.41. The minimum atomic E-state index is -4.05. The summed E-state index contributed by atoms with van der Waals surface area (Å²) in [6, 6.07) is 28.4. The number of sulfonamides is 2. The Kier molecular flexibility index (Phi) is 13.5. The van der Waals surface area contributed by atoms with E-state index < -0.39 is 20.0 Å². The summed E-state index contributed by atoms with van der Waals surface area (Å²) in [5.74, 6) is 1.78. The maximum Gasteiger partial charge on any atom is 0.240 e. The summed E-state index contributed by atoms with van der Waals surface area (Å²) in [5.41, 5.74) is 2.86. The molecule has 6 N–H and O–H groups in total. The highest BCUT2D eigenvalue weighted by molar-refractivity contribution is 7.89. The van der Waals surface area contributed by atoms with E-state index in [9.17, 15) is 16.8 Å². The standard InChI is InChI=1S/C42H46N14O6S2/c1-43-63(57,58)35-27-33(47-39-49-37(45-31-9-5-3-6-10-31)51-41(53-39)55-19-23-61-24-20-55)17-15-29(35)13-14-30-16-18-34(28-36(30)64(59,60)44-2)48-40-50-38(46-32-11-7-4-8-12-32)52-42(54-40)56-21-25-62-26-22-56/h3-18,27-28,43-44H,19-26H2,1-2H3,(H2,45,47,49,51,53)(H2,46,48,50,52,54)/b14-13+. The molecule has 6 aromatic rings. The van der Waals surface area contributed by atoms with Crippen LogP contribution in [0, 0.1) is 0 Å². The first-order valence-electron chi connectivity index (χ1n) is 20.2.